The molecule has 2 aromatic rings. The first-order valence-electron chi connectivity index (χ1n) is 5.98. The maximum Gasteiger partial charge on any atom is 0.328 e. The van der Waals surface area contributed by atoms with Crippen LogP contribution < -0.4 is 5.32 Å². The fourth-order valence-electron chi connectivity index (χ4n) is 1.58. The van der Waals surface area contributed by atoms with Gasteiger partial charge >= 0.3 is 5.97 Å². The molecule has 0 radical (unpaired) electrons. The summed E-state index contributed by atoms with van der Waals surface area (Å²) in [6.45, 7) is 0. The van der Waals surface area contributed by atoms with Crippen LogP contribution in [0, 0.1) is 5.82 Å². The molecule has 0 aliphatic rings. The predicted molar refractivity (Wildman–Crippen MR) is 75.3 cm³/mol. The molecule has 0 spiro atoms. The summed E-state index contributed by atoms with van der Waals surface area (Å²) in [7, 11) is 0. The number of nitrogens with one attached hydrogen (secondary N) is 1. The Labute approximate surface area is 119 Å². The summed E-state index contributed by atoms with van der Waals surface area (Å²) in [5.41, 5.74) is 1.02. The van der Waals surface area contributed by atoms with Crippen molar-refractivity contribution in [3.8, 4) is 0 Å². The number of nitrogens with zero attached hydrogens (tertiary/aromatic N) is 1. The third-order valence-corrected chi connectivity index (χ3v) is 2.61. The van der Waals surface area contributed by atoms with Crippen molar-refractivity contribution in [1.82, 2.24) is 4.98 Å². The van der Waals surface area contributed by atoms with Crippen molar-refractivity contribution < 1.29 is 19.1 Å². The number of aromatic nitrogens is 1. The second kappa shape index (κ2) is 6.42. The molecule has 0 fully saturated rings. The molecule has 106 valence electrons. The Morgan fingerprint density at radius 3 is 2.52 bits per heavy atom. The van der Waals surface area contributed by atoms with Crippen LogP contribution in [0.4, 0.5) is 10.1 Å². The number of amides is 1. The Morgan fingerprint density at radius 2 is 1.90 bits per heavy atom. The number of hydrogen-bond acceptors (Lipinski definition) is 3. The summed E-state index contributed by atoms with van der Waals surface area (Å²) < 4.78 is 13.4. The summed E-state index contributed by atoms with van der Waals surface area (Å²) in [5.74, 6) is -2.13. The first kappa shape index (κ1) is 14.4. The van der Waals surface area contributed by atoms with Gasteiger partial charge in [0.15, 0.2) is 5.82 Å². The number of carboxylic acid groups (broad SMARTS) is 1. The van der Waals surface area contributed by atoms with E-state index in [0.29, 0.717) is 11.1 Å². The van der Waals surface area contributed by atoms with Gasteiger partial charge in [-0.3, -0.25) is 9.78 Å². The molecule has 0 atom stereocenters. The molecule has 0 saturated heterocycles. The molecule has 0 aliphatic heterocycles. The molecule has 0 saturated carbocycles. The van der Waals surface area contributed by atoms with E-state index in [-0.39, 0.29) is 5.69 Å². The summed E-state index contributed by atoms with van der Waals surface area (Å²) in [6, 6.07) is 7.59. The number of carboxylic acids is 1. The molecule has 2 rings (SSSR count). The van der Waals surface area contributed by atoms with Gasteiger partial charge in [0, 0.05) is 17.8 Å². The van der Waals surface area contributed by atoms with Gasteiger partial charge in [0.05, 0.1) is 11.9 Å². The molecule has 0 unspecified atom stereocenters. The van der Waals surface area contributed by atoms with E-state index in [1.165, 1.54) is 30.5 Å². The van der Waals surface area contributed by atoms with Crippen molar-refractivity contribution in [1.29, 1.82) is 0 Å². The monoisotopic (exact) mass is 286 g/mol. The first-order chi connectivity index (χ1) is 10.1. The SMILES string of the molecule is O=C(O)/C=C/c1ccc(C(=O)Nc2ccncc2F)cc1. The second-order valence-corrected chi connectivity index (χ2v) is 4.10. The smallest absolute Gasteiger partial charge is 0.328 e. The van der Waals surface area contributed by atoms with Crippen LogP contribution in [0.2, 0.25) is 0 Å². The molecule has 0 aliphatic carbocycles. The molecule has 1 aromatic heterocycles. The van der Waals surface area contributed by atoms with Crippen LogP contribution in [0.15, 0.2) is 48.8 Å². The number of benzene rings is 1. The zero-order chi connectivity index (χ0) is 15.2. The van der Waals surface area contributed by atoms with Crippen LogP contribution in [-0.2, 0) is 4.79 Å². The second-order valence-electron chi connectivity index (χ2n) is 4.10. The van der Waals surface area contributed by atoms with Crippen LogP contribution >= 0.6 is 0 Å². The van der Waals surface area contributed by atoms with E-state index in [1.807, 2.05) is 0 Å². The topological polar surface area (TPSA) is 79.3 Å². The maximum atomic E-state index is 13.4. The van der Waals surface area contributed by atoms with Crippen LogP contribution in [0.1, 0.15) is 15.9 Å². The fraction of sp³-hybridized carbons (Fsp3) is 0. The van der Waals surface area contributed by atoms with E-state index in [9.17, 15) is 14.0 Å². The van der Waals surface area contributed by atoms with Crippen molar-refractivity contribution in [2.75, 3.05) is 5.32 Å². The van der Waals surface area contributed by atoms with Gasteiger partial charge in [-0.15, -0.1) is 0 Å². The minimum atomic E-state index is -1.05. The highest BCUT2D eigenvalue weighted by Gasteiger charge is 2.08. The van der Waals surface area contributed by atoms with Crippen LogP contribution in [0.3, 0.4) is 0 Å². The molecule has 1 amide bonds. The van der Waals surface area contributed by atoms with Crippen LogP contribution in [-0.4, -0.2) is 22.0 Å². The molecule has 2 N–H and O–H groups in total. The van der Waals surface area contributed by atoms with Gasteiger partial charge in [-0.25, -0.2) is 9.18 Å². The van der Waals surface area contributed by atoms with Gasteiger partial charge in [0.2, 0.25) is 0 Å². The summed E-state index contributed by atoms with van der Waals surface area (Å²) in [6.07, 6.45) is 4.79. The van der Waals surface area contributed by atoms with Gasteiger partial charge < -0.3 is 10.4 Å². The highest BCUT2D eigenvalue weighted by molar-refractivity contribution is 6.04. The number of carbonyl (C=O) groups is 2. The van der Waals surface area contributed by atoms with Crippen molar-refractivity contribution in [2.45, 2.75) is 0 Å². The van der Waals surface area contributed by atoms with Crippen molar-refractivity contribution >= 4 is 23.6 Å². The zero-order valence-corrected chi connectivity index (χ0v) is 10.8. The third kappa shape index (κ3) is 3.97. The summed E-state index contributed by atoms with van der Waals surface area (Å²) in [4.78, 5) is 25.9. The molecule has 21 heavy (non-hydrogen) atoms. The van der Waals surface area contributed by atoms with Crippen molar-refractivity contribution in [3.63, 3.8) is 0 Å². The average molecular weight is 286 g/mol. The Bertz CT molecular complexity index is 696. The molecule has 0 bridgehead atoms. The molecular weight excluding hydrogens is 275 g/mol. The zero-order valence-electron chi connectivity index (χ0n) is 10.8. The molecule has 6 heteroatoms. The van der Waals surface area contributed by atoms with E-state index in [0.717, 1.165) is 12.3 Å². The minimum Gasteiger partial charge on any atom is -0.478 e. The highest BCUT2D eigenvalue weighted by atomic mass is 19.1. The Balaban J connectivity index is 2.10. The highest BCUT2D eigenvalue weighted by Crippen LogP contribution is 2.13. The predicted octanol–water partition coefficient (Wildman–Crippen LogP) is 2.57. The lowest BCUT2D eigenvalue weighted by atomic mass is 10.1. The maximum absolute atomic E-state index is 13.4. The lowest BCUT2D eigenvalue weighted by Gasteiger charge is -2.06. The Morgan fingerprint density at radius 1 is 1.19 bits per heavy atom. The van der Waals surface area contributed by atoms with Gasteiger partial charge in [-0.1, -0.05) is 12.1 Å². The van der Waals surface area contributed by atoms with Gasteiger partial charge in [0.1, 0.15) is 0 Å². The van der Waals surface area contributed by atoms with Gasteiger partial charge in [0.25, 0.3) is 5.91 Å². The molecular formula is C15H11FN2O3. The fourth-order valence-corrected chi connectivity index (χ4v) is 1.58. The molecule has 1 heterocycles. The average Bonchev–Trinajstić information content (AvgIpc) is 2.48. The minimum absolute atomic E-state index is 0.0462. The third-order valence-electron chi connectivity index (χ3n) is 2.61. The van der Waals surface area contributed by atoms with E-state index in [2.05, 4.69) is 10.3 Å². The largest absolute Gasteiger partial charge is 0.478 e. The lowest BCUT2D eigenvalue weighted by Crippen LogP contribution is -2.12. The van der Waals surface area contributed by atoms with Crippen molar-refractivity contribution in [2.24, 2.45) is 0 Å². The molecule has 1 aromatic carbocycles. The van der Waals surface area contributed by atoms with E-state index < -0.39 is 17.7 Å². The summed E-state index contributed by atoms with van der Waals surface area (Å²) >= 11 is 0. The molecule has 5 nitrogen and oxygen atoms in total. The number of rotatable bonds is 4. The van der Waals surface area contributed by atoms with E-state index in [1.54, 1.807) is 12.1 Å². The van der Waals surface area contributed by atoms with Crippen LogP contribution in [0.5, 0.6) is 0 Å². The number of hydrogen-bond donors (Lipinski definition) is 2. The quantitative estimate of drug-likeness (QED) is 0.847. The Kier molecular flexibility index (Phi) is 4.40. The van der Waals surface area contributed by atoms with Crippen molar-refractivity contribution in [3.05, 3.63) is 65.7 Å². The number of carbonyl (C=O) groups excluding carboxylic acids is 1. The van der Waals surface area contributed by atoms with Gasteiger partial charge in [-0.2, -0.15) is 0 Å². The Hall–Kier alpha value is -3.02. The van der Waals surface area contributed by atoms with Crippen LogP contribution in [0.25, 0.3) is 6.08 Å². The lowest BCUT2D eigenvalue weighted by molar-refractivity contribution is -0.131. The number of pyridine rings is 1. The van der Waals surface area contributed by atoms with E-state index in [4.69, 9.17) is 5.11 Å². The standard InChI is InChI=1S/C15H11FN2O3/c16-12-9-17-8-7-13(12)18-15(21)11-4-1-10(2-5-11)3-6-14(19)20/h1-9H,(H,19,20)(H,17,18,21)/b6-3+. The first-order valence-corrected chi connectivity index (χ1v) is 5.98. The number of halogens is 1. The summed E-state index contributed by atoms with van der Waals surface area (Å²) in [5, 5.41) is 10.9. The van der Waals surface area contributed by atoms with Gasteiger partial charge in [-0.05, 0) is 29.8 Å². The normalized spacial score (nSPS) is 10.5. The number of anilines is 1. The number of aliphatic carboxylic acids is 1. The van der Waals surface area contributed by atoms with E-state index >= 15 is 0 Å².